The zero-order valence-electron chi connectivity index (χ0n) is 18.2. The van der Waals surface area contributed by atoms with E-state index in [1.807, 2.05) is 12.2 Å². The summed E-state index contributed by atoms with van der Waals surface area (Å²) in [6.45, 7) is 0.282. The van der Waals surface area contributed by atoms with E-state index >= 15 is 0 Å². The molecule has 3 rings (SSSR count). The minimum Gasteiger partial charge on any atom is -0.493 e. The summed E-state index contributed by atoms with van der Waals surface area (Å²) in [5.41, 5.74) is -0.724. The topological polar surface area (TPSA) is 65.0 Å². The third kappa shape index (κ3) is 8.26. The van der Waals surface area contributed by atoms with Crippen molar-refractivity contribution in [1.82, 2.24) is 0 Å². The normalized spacial score (nSPS) is 24.2. The molecule has 2 fully saturated rings. The molecule has 0 spiro atoms. The molecule has 1 aromatic rings. The number of terminal acetylenes is 1. The van der Waals surface area contributed by atoms with Crippen molar-refractivity contribution in [3.8, 4) is 18.6 Å². The fourth-order valence-electron chi connectivity index (χ4n) is 4.02. The minimum absolute atomic E-state index is 0.0102. The highest BCUT2D eigenvalue weighted by molar-refractivity contribution is 5.66. The van der Waals surface area contributed by atoms with Crippen molar-refractivity contribution in [3.05, 3.63) is 54.1 Å². The second kappa shape index (κ2) is 13.1. The third-order valence-corrected chi connectivity index (χ3v) is 5.58. The number of carboxylic acids is 1. The number of aliphatic carboxylic acids is 1. The zero-order valence-corrected chi connectivity index (χ0v) is 18.2. The van der Waals surface area contributed by atoms with Gasteiger partial charge in [0.05, 0.1) is 18.3 Å². The van der Waals surface area contributed by atoms with E-state index in [-0.39, 0.29) is 42.8 Å². The smallest absolute Gasteiger partial charge is 0.416 e. The van der Waals surface area contributed by atoms with Crippen LogP contribution in [0.3, 0.4) is 0 Å². The van der Waals surface area contributed by atoms with Gasteiger partial charge in [0.25, 0.3) is 0 Å². The summed E-state index contributed by atoms with van der Waals surface area (Å²) in [6.07, 6.45) is 15.6. The summed E-state index contributed by atoms with van der Waals surface area (Å²) >= 11 is 0. The molecular formula is C25H29F3O5. The van der Waals surface area contributed by atoms with Crippen LogP contribution in [0.4, 0.5) is 13.2 Å². The Bertz CT molecular complexity index is 831. The average Bonchev–Trinajstić information content (AvgIpc) is 3.39. The first-order valence-corrected chi connectivity index (χ1v) is 10.8. The molecule has 0 amide bonds. The Balaban J connectivity index is 0.00000187. The van der Waals surface area contributed by atoms with Crippen molar-refractivity contribution in [2.24, 2.45) is 11.8 Å². The third-order valence-electron chi connectivity index (χ3n) is 5.58. The predicted molar refractivity (Wildman–Crippen MR) is 117 cm³/mol. The minimum atomic E-state index is -4.39. The van der Waals surface area contributed by atoms with Crippen molar-refractivity contribution >= 4 is 5.97 Å². The van der Waals surface area contributed by atoms with Gasteiger partial charge in [-0.25, -0.2) is 9.78 Å². The Morgan fingerprint density at radius 3 is 2.64 bits per heavy atom. The summed E-state index contributed by atoms with van der Waals surface area (Å²) in [7, 11) is 0. The maximum Gasteiger partial charge on any atom is 0.416 e. The molecule has 1 unspecified atom stereocenters. The van der Waals surface area contributed by atoms with Crippen molar-refractivity contribution in [1.29, 1.82) is 0 Å². The van der Waals surface area contributed by atoms with Crippen LogP contribution in [-0.4, -0.2) is 29.9 Å². The molecule has 180 valence electrons. The van der Waals surface area contributed by atoms with Crippen LogP contribution in [0.25, 0.3) is 0 Å². The summed E-state index contributed by atoms with van der Waals surface area (Å²) in [5.74, 6) is -0.0915. The highest BCUT2D eigenvalue weighted by Gasteiger charge is 2.49. The highest BCUT2D eigenvalue weighted by Crippen LogP contribution is 2.44. The molecule has 1 aliphatic heterocycles. The fourth-order valence-corrected chi connectivity index (χ4v) is 4.02. The molecule has 8 heteroatoms. The van der Waals surface area contributed by atoms with Gasteiger partial charge < -0.3 is 9.84 Å². The van der Waals surface area contributed by atoms with Crippen molar-refractivity contribution in [2.75, 3.05) is 6.61 Å². The Hall–Kier alpha value is -2.76. The number of carboxylic acid groups (broad SMARTS) is 1. The van der Waals surface area contributed by atoms with E-state index < -0.39 is 17.7 Å². The molecule has 4 atom stereocenters. The van der Waals surface area contributed by atoms with E-state index in [4.69, 9.17) is 19.6 Å². The number of ether oxygens (including phenoxy) is 1. The molecule has 2 bridgehead atoms. The molecule has 0 radical (unpaired) electrons. The number of hydrogen-bond acceptors (Lipinski definition) is 4. The van der Waals surface area contributed by atoms with Gasteiger partial charge in [0.15, 0.2) is 0 Å². The van der Waals surface area contributed by atoms with Gasteiger partial charge in [-0.1, -0.05) is 30.4 Å². The largest absolute Gasteiger partial charge is 0.493 e. The number of unbranched alkanes of at least 4 members (excludes halogenated alkanes) is 1. The maximum absolute atomic E-state index is 12.8. The first-order chi connectivity index (χ1) is 15.8. The van der Waals surface area contributed by atoms with Crippen LogP contribution in [-0.2, 0) is 20.7 Å². The van der Waals surface area contributed by atoms with Crippen LogP contribution in [0.2, 0.25) is 0 Å². The molecule has 1 saturated heterocycles. The molecular weight excluding hydrogens is 437 g/mol. The lowest BCUT2D eigenvalue weighted by Crippen LogP contribution is -2.28. The molecule has 1 aromatic carbocycles. The second-order valence-corrected chi connectivity index (χ2v) is 7.83. The Morgan fingerprint density at radius 2 is 1.91 bits per heavy atom. The standard InChI is InChI=1S/C23H27F3O5.C2H2/c24-23(25,26)16-8-7-9-17(14-16)29-13-6-5-11-19-18(20-15-21(19)31-30-20)10-3-1-2-4-12-22(27)28;1-2/h1,3,5,7-9,11,14,18-21H,2,4,6,10,12-13,15H2,(H,27,28);1-2H/b3-1-,11-5+;/t18-,19?,20+,21-;/m1./s1. The van der Waals surface area contributed by atoms with Crippen LogP contribution in [0.1, 0.15) is 44.1 Å². The highest BCUT2D eigenvalue weighted by atomic mass is 19.4. The lowest BCUT2D eigenvalue weighted by molar-refractivity contribution is -0.336. The van der Waals surface area contributed by atoms with Crippen LogP contribution < -0.4 is 4.74 Å². The van der Waals surface area contributed by atoms with E-state index in [1.165, 1.54) is 12.1 Å². The Morgan fingerprint density at radius 1 is 1.15 bits per heavy atom. The lowest BCUT2D eigenvalue weighted by atomic mass is 9.89. The van der Waals surface area contributed by atoms with Gasteiger partial charge in [0.1, 0.15) is 11.9 Å². The van der Waals surface area contributed by atoms with E-state index in [0.717, 1.165) is 31.4 Å². The first kappa shape index (κ1) is 26.5. The van der Waals surface area contributed by atoms with Gasteiger partial charge in [-0.05, 0) is 43.9 Å². The van der Waals surface area contributed by atoms with Gasteiger partial charge in [-0.3, -0.25) is 4.79 Å². The van der Waals surface area contributed by atoms with Gasteiger partial charge >= 0.3 is 12.1 Å². The molecule has 5 nitrogen and oxygen atoms in total. The summed E-state index contributed by atoms with van der Waals surface area (Å²) in [5, 5.41) is 8.66. The summed E-state index contributed by atoms with van der Waals surface area (Å²) in [4.78, 5) is 21.3. The van der Waals surface area contributed by atoms with E-state index in [0.29, 0.717) is 12.8 Å². The molecule has 33 heavy (non-hydrogen) atoms. The number of allylic oxidation sites excluding steroid dienone is 2. The lowest BCUT2D eigenvalue weighted by Gasteiger charge is -2.27. The second-order valence-electron chi connectivity index (χ2n) is 7.83. The van der Waals surface area contributed by atoms with E-state index in [1.54, 1.807) is 0 Å². The molecule has 1 aliphatic carbocycles. The fraction of sp³-hybridized carbons (Fsp3) is 0.480. The number of alkyl halides is 3. The predicted octanol–water partition coefficient (Wildman–Crippen LogP) is 5.82. The number of carbonyl (C=O) groups is 1. The molecule has 1 saturated carbocycles. The van der Waals surface area contributed by atoms with Crippen LogP contribution in [0, 0.1) is 24.7 Å². The zero-order chi connectivity index (χ0) is 24.3. The molecule has 1 N–H and O–H groups in total. The van der Waals surface area contributed by atoms with E-state index in [9.17, 15) is 18.0 Å². The van der Waals surface area contributed by atoms with E-state index in [2.05, 4.69) is 25.0 Å². The van der Waals surface area contributed by atoms with Gasteiger partial charge in [0, 0.05) is 24.7 Å². The molecule has 2 aliphatic rings. The van der Waals surface area contributed by atoms with Gasteiger partial charge in [-0.2, -0.15) is 13.2 Å². The number of hydrogen-bond donors (Lipinski definition) is 1. The number of fused-ring (bicyclic) bond motifs is 2. The summed E-state index contributed by atoms with van der Waals surface area (Å²) in [6, 6.07) is 4.87. The number of rotatable bonds is 11. The number of halogens is 3. The van der Waals surface area contributed by atoms with Gasteiger partial charge in [-0.15, -0.1) is 12.8 Å². The van der Waals surface area contributed by atoms with Crippen LogP contribution >= 0.6 is 0 Å². The van der Waals surface area contributed by atoms with Crippen molar-refractivity contribution < 1.29 is 37.6 Å². The Labute approximate surface area is 192 Å². The van der Waals surface area contributed by atoms with Crippen molar-refractivity contribution in [3.63, 3.8) is 0 Å². The molecule has 0 aromatic heterocycles. The average molecular weight is 466 g/mol. The maximum atomic E-state index is 12.8. The SMILES string of the molecule is C#C.O=C(O)CCC/C=C\C[C@@H]1C(/C=C/CCOc2cccc(C(F)(F)F)c2)[C@H]2C[C@@H]1OO2. The molecule has 1 heterocycles. The van der Waals surface area contributed by atoms with Crippen LogP contribution in [0.15, 0.2) is 48.6 Å². The first-order valence-electron chi connectivity index (χ1n) is 10.8. The van der Waals surface area contributed by atoms with Crippen molar-refractivity contribution in [2.45, 2.75) is 56.9 Å². The van der Waals surface area contributed by atoms with Gasteiger partial charge in [0.2, 0.25) is 0 Å². The Kier molecular flexibility index (Phi) is 10.5. The summed E-state index contributed by atoms with van der Waals surface area (Å²) < 4.78 is 43.7. The quantitative estimate of drug-likeness (QED) is 0.193. The van der Waals surface area contributed by atoms with Crippen LogP contribution in [0.5, 0.6) is 5.75 Å². The number of benzene rings is 1. The monoisotopic (exact) mass is 466 g/mol.